The lowest BCUT2D eigenvalue weighted by molar-refractivity contribution is 0.667. The van der Waals surface area contributed by atoms with Crippen LogP contribution in [0, 0.1) is 0 Å². The molecule has 9 nitrogen and oxygen atoms in total. The highest BCUT2D eigenvalue weighted by Crippen LogP contribution is 2.48. The van der Waals surface area contributed by atoms with Crippen molar-refractivity contribution in [2.75, 3.05) is 0 Å². The van der Waals surface area contributed by atoms with Crippen molar-refractivity contribution in [2.45, 2.75) is 0 Å². The Kier molecular flexibility index (Phi) is 18.9. The third kappa shape index (κ3) is 13.3. The van der Waals surface area contributed by atoms with E-state index in [1.165, 1.54) is 181 Å². The molecule has 0 saturated heterocycles. The Morgan fingerprint density at radius 2 is 0.381 bits per heavy atom. The summed E-state index contributed by atoms with van der Waals surface area (Å²) in [7, 11) is 0. The fourth-order valence-electron chi connectivity index (χ4n) is 23.7. The van der Waals surface area contributed by atoms with Crippen LogP contribution in [-0.4, -0.2) is 27.4 Å². The normalized spacial score (nSPS) is 11.9. The summed E-state index contributed by atoms with van der Waals surface area (Å²) in [4.78, 5) is 0. The molecule has 0 N–H and O–H groups in total. The van der Waals surface area contributed by atoms with E-state index in [1.54, 1.807) is 0 Å². The summed E-state index contributed by atoms with van der Waals surface area (Å²) in [6, 6.07) is 187. The van der Waals surface area contributed by atoms with E-state index in [9.17, 15) is 0 Å². The molecular formula is C138H86N6O3. The summed E-state index contributed by atoms with van der Waals surface area (Å²) in [5, 5.41) is 21.7. The van der Waals surface area contributed by atoms with Crippen molar-refractivity contribution in [1.82, 2.24) is 27.4 Å². The van der Waals surface area contributed by atoms with Gasteiger partial charge >= 0.3 is 0 Å². The molecule has 0 aliphatic heterocycles. The van der Waals surface area contributed by atoms with Crippen molar-refractivity contribution in [2.24, 2.45) is 0 Å². The topological polar surface area (TPSA) is 69.0 Å². The van der Waals surface area contributed by atoms with Crippen LogP contribution in [0.3, 0.4) is 0 Å². The molecule has 686 valence electrons. The van der Waals surface area contributed by atoms with E-state index in [2.05, 4.69) is 537 Å². The minimum Gasteiger partial charge on any atom is -0.456 e. The Balaban J connectivity index is 0.000000102. The van der Waals surface area contributed by atoms with E-state index < -0.39 is 0 Å². The summed E-state index contributed by atoms with van der Waals surface area (Å²) < 4.78 is 33.7. The maximum atomic E-state index is 6.87. The van der Waals surface area contributed by atoms with Gasteiger partial charge in [0.05, 0.1) is 71.9 Å². The minimum atomic E-state index is 0.892. The third-order valence-corrected chi connectivity index (χ3v) is 30.3. The summed E-state index contributed by atoms with van der Waals surface area (Å²) in [6.07, 6.45) is 0. The highest BCUT2D eigenvalue weighted by molar-refractivity contribution is 6.20. The molecule has 0 atom stereocenters. The third-order valence-electron chi connectivity index (χ3n) is 30.3. The SMILES string of the molecule is c1ccc(-c2ccc3oc4ccc(-n5c6ccccc6c6cc(-c7ccc8c(c7)c7ccccc7n8-c7ccccc7)ccc65)cc4c3c2)cc1.c1ccc(-c2cccc3c2oc2c(-n4c5ccccc5c5cc(-c6ccc7c(c6)c6ccccc6n7-c6ccccc6)ccc54)cccc23)cc1.c1ccc(-n2c3ccccc3c3cc(-c4ccc5c(c4)c4ccccc4n5-c4ccc5c(c4)oc4ccccc45)ccc32)cc1. The number of aromatic nitrogens is 6. The Labute approximate surface area is 842 Å². The van der Waals surface area contributed by atoms with E-state index in [-0.39, 0.29) is 0 Å². The molecule has 9 aromatic heterocycles. The highest BCUT2D eigenvalue weighted by atomic mass is 16.3. The molecular weight excluding hydrogens is 1790 g/mol. The van der Waals surface area contributed by atoms with Crippen molar-refractivity contribution in [1.29, 1.82) is 0 Å². The van der Waals surface area contributed by atoms with Crippen LogP contribution in [0.5, 0.6) is 0 Å². The minimum absolute atomic E-state index is 0.892. The number of benzene rings is 23. The maximum Gasteiger partial charge on any atom is 0.159 e. The maximum absolute atomic E-state index is 6.87. The first-order valence-electron chi connectivity index (χ1n) is 50.2. The molecule has 32 rings (SSSR count). The summed E-state index contributed by atoms with van der Waals surface area (Å²) in [5.74, 6) is 0. The van der Waals surface area contributed by atoms with E-state index >= 15 is 0 Å². The molecule has 0 aliphatic carbocycles. The van der Waals surface area contributed by atoms with Crippen LogP contribution in [0.2, 0.25) is 0 Å². The fraction of sp³-hybridized carbons (Fsp3) is 0. The molecule has 0 fully saturated rings. The number of para-hydroxylation sites is 12. The van der Waals surface area contributed by atoms with Gasteiger partial charge in [0.1, 0.15) is 27.9 Å². The molecule has 0 spiro atoms. The smallest absolute Gasteiger partial charge is 0.159 e. The van der Waals surface area contributed by atoms with Gasteiger partial charge in [0.15, 0.2) is 5.58 Å². The van der Waals surface area contributed by atoms with Gasteiger partial charge in [-0.3, -0.25) is 0 Å². The van der Waals surface area contributed by atoms with Gasteiger partial charge in [-0.2, -0.15) is 0 Å². The largest absolute Gasteiger partial charge is 0.456 e. The quantitative estimate of drug-likeness (QED) is 0.130. The average molecular weight is 1880 g/mol. The predicted molar refractivity (Wildman–Crippen MR) is 614 cm³/mol. The predicted octanol–water partition coefficient (Wildman–Crippen LogP) is 37.7. The molecule has 23 aromatic carbocycles. The summed E-state index contributed by atoms with van der Waals surface area (Å²) in [6.45, 7) is 0. The van der Waals surface area contributed by atoms with Crippen LogP contribution >= 0.6 is 0 Å². The zero-order valence-electron chi connectivity index (χ0n) is 79.6. The van der Waals surface area contributed by atoms with Crippen LogP contribution in [0.25, 0.3) is 286 Å². The molecule has 147 heavy (non-hydrogen) atoms. The van der Waals surface area contributed by atoms with Gasteiger partial charge in [0, 0.05) is 137 Å². The standard InChI is InChI=1S/2C48H30N2O.C42H26N2O/c1-3-13-31(14-4-1)35-19-11-20-38-39-21-12-24-46(48(39)51-47(35)38)50-43-23-10-8-18-37(43)41-30-33(26-28-45(41)50)32-25-27-44-40(29-32)36-17-7-9-22-42(36)49(44)34-15-5-2-6-16-34;1-3-11-31(12-4-1)32-21-25-47-41(29-32)42-30-36(22-26-48(42)51-47)50-44-18-10-8-16-38(44)40-28-34(20-24-46(40)50)33-19-23-45-39(27-33)37-15-7-9-17-43(37)49(45)35-13-5-2-6-14-35;1-2-10-29(11-3-1)43-37-15-7-4-12-31(37)35-24-27(18-22-39(35)43)28-19-23-40-36(25-28)32-13-5-8-16-38(32)44(40)30-20-21-34-33-14-6-9-17-41(33)45-42(34)26-30/h2*1-30H;1-26H. The molecule has 0 unspecified atom stereocenters. The van der Waals surface area contributed by atoms with Gasteiger partial charge in [0.2, 0.25) is 0 Å². The second kappa shape index (κ2) is 33.5. The molecule has 32 aromatic rings. The van der Waals surface area contributed by atoms with Gasteiger partial charge in [-0.1, -0.05) is 315 Å². The molecule has 0 bridgehead atoms. The van der Waals surface area contributed by atoms with Crippen LogP contribution in [-0.2, 0) is 0 Å². The van der Waals surface area contributed by atoms with Gasteiger partial charge in [-0.15, -0.1) is 0 Å². The van der Waals surface area contributed by atoms with Crippen molar-refractivity contribution in [3.8, 4) is 89.8 Å². The molecule has 0 amide bonds. The lowest BCUT2D eigenvalue weighted by atomic mass is 10.0. The lowest BCUT2D eigenvalue weighted by Gasteiger charge is -2.10. The molecule has 0 aliphatic rings. The fourth-order valence-corrected chi connectivity index (χ4v) is 23.7. The van der Waals surface area contributed by atoms with E-state index in [1.807, 2.05) is 12.1 Å². The number of rotatable bonds is 11. The molecule has 9 heteroatoms. The van der Waals surface area contributed by atoms with E-state index in [0.717, 1.165) is 105 Å². The Morgan fingerprint density at radius 3 is 0.803 bits per heavy atom. The highest BCUT2D eigenvalue weighted by Gasteiger charge is 2.26. The number of hydrogen-bond acceptors (Lipinski definition) is 3. The Morgan fingerprint density at radius 1 is 0.116 bits per heavy atom. The monoisotopic (exact) mass is 1870 g/mol. The number of furan rings is 3. The van der Waals surface area contributed by atoms with Gasteiger partial charge < -0.3 is 40.7 Å². The first kappa shape index (κ1) is 83.1. The van der Waals surface area contributed by atoms with E-state index in [4.69, 9.17) is 13.3 Å². The molecule has 9 heterocycles. The van der Waals surface area contributed by atoms with E-state index in [0.29, 0.717) is 0 Å². The van der Waals surface area contributed by atoms with Gasteiger partial charge in [0.25, 0.3) is 0 Å². The number of fused-ring (bicyclic) bond motifs is 27. The zero-order valence-corrected chi connectivity index (χ0v) is 79.6. The van der Waals surface area contributed by atoms with Crippen molar-refractivity contribution < 1.29 is 13.3 Å². The van der Waals surface area contributed by atoms with Crippen LogP contribution in [0.1, 0.15) is 0 Å². The molecule has 0 saturated carbocycles. The lowest BCUT2D eigenvalue weighted by Crippen LogP contribution is -1.94. The second-order valence-electron chi connectivity index (χ2n) is 38.5. The first-order chi connectivity index (χ1) is 72.9. The van der Waals surface area contributed by atoms with Gasteiger partial charge in [-0.25, -0.2) is 0 Å². The van der Waals surface area contributed by atoms with Gasteiger partial charge in [-0.05, 0) is 250 Å². The number of nitrogens with zero attached hydrogens (tertiary/aromatic N) is 6. The summed E-state index contributed by atoms with van der Waals surface area (Å²) >= 11 is 0. The Bertz CT molecular complexity index is 11000. The van der Waals surface area contributed by atoms with Crippen molar-refractivity contribution in [3.05, 3.63) is 522 Å². The first-order valence-corrected chi connectivity index (χ1v) is 50.2. The van der Waals surface area contributed by atoms with Crippen molar-refractivity contribution in [3.63, 3.8) is 0 Å². The summed E-state index contributed by atoms with van der Waals surface area (Å²) in [5.41, 5.74) is 38.3. The Hall–Kier alpha value is -19.7. The number of hydrogen-bond donors (Lipinski definition) is 0. The van der Waals surface area contributed by atoms with Crippen LogP contribution < -0.4 is 0 Å². The zero-order chi connectivity index (χ0) is 96.4. The van der Waals surface area contributed by atoms with Crippen LogP contribution in [0.4, 0.5) is 0 Å². The van der Waals surface area contributed by atoms with Crippen molar-refractivity contribution >= 4 is 197 Å². The average Bonchev–Trinajstić information content (AvgIpc) is 1.56. The second-order valence-corrected chi connectivity index (χ2v) is 38.5. The molecule has 0 radical (unpaired) electrons. The van der Waals surface area contributed by atoms with Crippen LogP contribution in [0.15, 0.2) is 535 Å².